The minimum atomic E-state index is -0.580. The van der Waals surface area contributed by atoms with E-state index in [-0.39, 0.29) is 24.7 Å². The van der Waals surface area contributed by atoms with Gasteiger partial charge in [0.05, 0.1) is 0 Å². The Morgan fingerprint density at radius 3 is 2.79 bits per heavy atom. The van der Waals surface area contributed by atoms with E-state index in [4.69, 9.17) is 18.6 Å². The summed E-state index contributed by atoms with van der Waals surface area (Å²) in [4.78, 5) is 23.9. The molecule has 0 spiro atoms. The zero-order valence-electron chi connectivity index (χ0n) is 15.6. The molecule has 0 aliphatic carbocycles. The molecule has 148 valence electrons. The van der Waals surface area contributed by atoms with Gasteiger partial charge in [0.15, 0.2) is 11.5 Å². The van der Waals surface area contributed by atoms with Gasteiger partial charge in [-0.25, -0.2) is 9.59 Å². The van der Waals surface area contributed by atoms with Crippen LogP contribution in [0.4, 0.5) is 0 Å². The molecule has 4 rings (SSSR count). The summed E-state index contributed by atoms with van der Waals surface area (Å²) in [5.41, 5.74) is 1.65. The largest absolute Gasteiger partial charge is 0.508 e. The summed E-state index contributed by atoms with van der Waals surface area (Å²) < 4.78 is 21.0. The minimum Gasteiger partial charge on any atom is -0.508 e. The van der Waals surface area contributed by atoms with E-state index in [1.165, 1.54) is 18.2 Å². The van der Waals surface area contributed by atoms with E-state index in [1.54, 1.807) is 30.3 Å². The number of fused-ring (bicyclic) bond motifs is 2. The van der Waals surface area contributed by atoms with Gasteiger partial charge >= 0.3 is 11.6 Å². The van der Waals surface area contributed by atoms with Crippen molar-refractivity contribution in [2.24, 2.45) is 0 Å². The van der Waals surface area contributed by atoms with Crippen LogP contribution in [0.15, 0.2) is 51.7 Å². The molecule has 0 saturated heterocycles. The highest BCUT2D eigenvalue weighted by Gasteiger charge is 2.13. The lowest BCUT2D eigenvalue weighted by atomic mass is 10.0. The quantitative estimate of drug-likeness (QED) is 0.402. The summed E-state index contributed by atoms with van der Waals surface area (Å²) >= 11 is 0. The van der Waals surface area contributed by atoms with Crippen LogP contribution in [0.2, 0.25) is 0 Å². The Bertz CT molecular complexity index is 1170. The molecular formula is C22H18O7. The molecule has 0 saturated carbocycles. The Labute approximate surface area is 165 Å². The highest BCUT2D eigenvalue weighted by atomic mass is 16.7. The van der Waals surface area contributed by atoms with Gasteiger partial charge in [-0.15, -0.1) is 0 Å². The first-order chi connectivity index (χ1) is 14.0. The number of carbonyl (C=O) groups is 1. The van der Waals surface area contributed by atoms with E-state index in [1.807, 2.05) is 6.92 Å². The highest BCUT2D eigenvalue weighted by molar-refractivity contribution is 5.88. The number of ether oxygens (including phenoxy) is 3. The van der Waals surface area contributed by atoms with Crippen molar-refractivity contribution in [3.63, 3.8) is 0 Å². The van der Waals surface area contributed by atoms with Gasteiger partial charge < -0.3 is 23.7 Å². The Kier molecular flexibility index (Phi) is 4.95. The predicted octanol–water partition coefficient (Wildman–Crippen LogP) is 3.55. The molecule has 0 unspecified atom stereocenters. The highest BCUT2D eigenvalue weighted by Crippen LogP contribution is 2.32. The predicted molar refractivity (Wildman–Crippen MR) is 105 cm³/mol. The standard InChI is InChI=1S/C22H18O7/c1-2-14-8-16-15(9-22(25)29-19(16)10-17(14)23)11-26-21(24)6-4-13-3-5-18-20(7-13)28-12-27-18/h3-10,23H,2,11-12H2,1H3/b6-4+. The monoisotopic (exact) mass is 394 g/mol. The third-order valence-corrected chi connectivity index (χ3v) is 4.59. The summed E-state index contributed by atoms with van der Waals surface area (Å²) in [5.74, 6) is 0.789. The number of rotatable bonds is 5. The summed E-state index contributed by atoms with van der Waals surface area (Å²) in [6, 6.07) is 9.75. The average Bonchev–Trinajstić information content (AvgIpc) is 3.17. The molecule has 1 aliphatic heterocycles. The first kappa shape index (κ1) is 18.6. The van der Waals surface area contributed by atoms with Gasteiger partial charge in [0, 0.05) is 29.2 Å². The molecule has 29 heavy (non-hydrogen) atoms. The molecule has 2 aromatic carbocycles. The van der Waals surface area contributed by atoms with E-state index in [9.17, 15) is 14.7 Å². The Hall–Kier alpha value is -3.74. The van der Waals surface area contributed by atoms with E-state index >= 15 is 0 Å². The van der Waals surface area contributed by atoms with E-state index < -0.39 is 11.6 Å². The number of esters is 1. The third-order valence-electron chi connectivity index (χ3n) is 4.59. The second-order valence-corrected chi connectivity index (χ2v) is 6.48. The molecule has 7 heteroatoms. The van der Waals surface area contributed by atoms with Gasteiger partial charge in [0.1, 0.15) is 17.9 Å². The molecule has 0 atom stereocenters. The van der Waals surface area contributed by atoms with Crippen molar-refractivity contribution in [1.29, 1.82) is 0 Å². The second kappa shape index (κ2) is 7.71. The molecule has 0 radical (unpaired) electrons. The van der Waals surface area contributed by atoms with E-state index in [2.05, 4.69) is 0 Å². The van der Waals surface area contributed by atoms with Gasteiger partial charge in [-0.3, -0.25) is 0 Å². The van der Waals surface area contributed by atoms with Crippen molar-refractivity contribution in [3.05, 3.63) is 69.6 Å². The fourth-order valence-electron chi connectivity index (χ4n) is 3.09. The van der Waals surface area contributed by atoms with Crippen LogP contribution in [0.1, 0.15) is 23.6 Å². The van der Waals surface area contributed by atoms with Crippen LogP contribution in [0.3, 0.4) is 0 Å². The third kappa shape index (κ3) is 3.94. The molecule has 1 N–H and O–H groups in total. The van der Waals surface area contributed by atoms with Crippen molar-refractivity contribution in [2.75, 3.05) is 6.79 Å². The van der Waals surface area contributed by atoms with Crippen LogP contribution >= 0.6 is 0 Å². The maximum absolute atomic E-state index is 12.1. The van der Waals surface area contributed by atoms with Crippen LogP contribution in [-0.2, 0) is 22.6 Å². The van der Waals surface area contributed by atoms with Crippen molar-refractivity contribution < 1.29 is 28.5 Å². The first-order valence-electron chi connectivity index (χ1n) is 9.06. The van der Waals surface area contributed by atoms with Gasteiger partial charge in [-0.2, -0.15) is 0 Å². The number of aryl methyl sites for hydroxylation is 1. The molecule has 3 aromatic rings. The topological polar surface area (TPSA) is 95.2 Å². The van der Waals surface area contributed by atoms with Crippen molar-refractivity contribution in [3.8, 4) is 17.2 Å². The molecule has 1 aromatic heterocycles. The molecule has 7 nitrogen and oxygen atoms in total. The second-order valence-electron chi connectivity index (χ2n) is 6.48. The summed E-state index contributed by atoms with van der Waals surface area (Å²) in [6.45, 7) is 1.99. The van der Waals surface area contributed by atoms with Crippen molar-refractivity contribution >= 4 is 23.0 Å². The molecule has 0 amide bonds. The lowest BCUT2D eigenvalue weighted by molar-refractivity contribution is -0.138. The van der Waals surface area contributed by atoms with Gasteiger partial charge in [0.2, 0.25) is 6.79 Å². The number of hydrogen-bond donors (Lipinski definition) is 1. The smallest absolute Gasteiger partial charge is 0.336 e. The number of benzene rings is 2. The SMILES string of the molecule is CCc1cc2c(COC(=O)/C=C/c3ccc4c(c3)OCO4)cc(=O)oc2cc1O. The van der Waals surface area contributed by atoms with E-state index in [0.29, 0.717) is 34.4 Å². The first-order valence-corrected chi connectivity index (χ1v) is 9.06. The molecule has 0 bridgehead atoms. The van der Waals surface area contributed by atoms with Crippen LogP contribution < -0.4 is 15.1 Å². The van der Waals surface area contributed by atoms with Crippen LogP contribution in [0.5, 0.6) is 17.2 Å². The number of aromatic hydroxyl groups is 1. The van der Waals surface area contributed by atoms with Gasteiger partial charge in [-0.05, 0) is 41.8 Å². The van der Waals surface area contributed by atoms with Crippen LogP contribution in [0, 0.1) is 0 Å². The maximum Gasteiger partial charge on any atom is 0.336 e. The minimum absolute atomic E-state index is 0.0592. The van der Waals surface area contributed by atoms with Gasteiger partial charge in [0.25, 0.3) is 0 Å². The number of hydrogen-bond acceptors (Lipinski definition) is 7. The van der Waals surface area contributed by atoms with Crippen molar-refractivity contribution in [1.82, 2.24) is 0 Å². The number of phenolic OH excluding ortho intramolecular Hbond substituents is 1. The Morgan fingerprint density at radius 2 is 1.97 bits per heavy atom. The molecule has 1 aliphatic rings. The fourth-order valence-corrected chi connectivity index (χ4v) is 3.09. The van der Waals surface area contributed by atoms with Gasteiger partial charge in [-0.1, -0.05) is 13.0 Å². The molecule has 0 fully saturated rings. The summed E-state index contributed by atoms with van der Waals surface area (Å²) in [7, 11) is 0. The lowest BCUT2D eigenvalue weighted by Gasteiger charge is -2.08. The zero-order valence-corrected chi connectivity index (χ0v) is 15.6. The average molecular weight is 394 g/mol. The molecular weight excluding hydrogens is 376 g/mol. The zero-order chi connectivity index (χ0) is 20.4. The summed E-state index contributed by atoms with van der Waals surface area (Å²) in [6.07, 6.45) is 3.52. The maximum atomic E-state index is 12.1. The Morgan fingerprint density at radius 1 is 1.14 bits per heavy atom. The normalized spacial score (nSPS) is 12.6. The van der Waals surface area contributed by atoms with Crippen LogP contribution in [-0.4, -0.2) is 17.9 Å². The van der Waals surface area contributed by atoms with Crippen molar-refractivity contribution in [2.45, 2.75) is 20.0 Å². The van der Waals surface area contributed by atoms with E-state index in [0.717, 1.165) is 5.56 Å². The number of phenols is 1. The Balaban J connectivity index is 1.50. The lowest BCUT2D eigenvalue weighted by Crippen LogP contribution is -2.06. The summed E-state index contributed by atoms with van der Waals surface area (Å²) in [5, 5.41) is 10.6. The number of carbonyl (C=O) groups excluding carboxylic acids is 1. The fraction of sp³-hybridized carbons (Fsp3) is 0.182. The molecule has 2 heterocycles. The van der Waals surface area contributed by atoms with Crippen LogP contribution in [0.25, 0.3) is 17.0 Å².